The number of esters is 1. The SMILES string of the molecule is CCCCOC(=O)c1cccc(CN(CCc2ccc(OCCCC)cc2Cl)CC(=O)O)c1. The van der Waals surface area contributed by atoms with E-state index in [1.807, 2.05) is 36.1 Å². The van der Waals surface area contributed by atoms with Gasteiger partial charge in [-0.3, -0.25) is 9.69 Å². The van der Waals surface area contributed by atoms with Crippen molar-refractivity contribution in [1.82, 2.24) is 4.90 Å². The van der Waals surface area contributed by atoms with Gasteiger partial charge in [-0.1, -0.05) is 56.5 Å². The number of rotatable bonds is 15. The molecule has 2 aromatic carbocycles. The van der Waals surface area contributed by atoms with Crippen molar-refractivity contribution in [3.8, 4) is 5.75 Å². The molecule has 33 heavy (non-hydrogen) atoms. The van der Waals surface area contributed by atoms with E-state index in [0.717, 1.165) is 42.6 Å². The fraction of sp³-hybridized carbons (Fsp3) is 0.462. The zero-order valence-electron chi connectivity index (χ0n) is 19.5. The first-order chi connectivity index (χ1) is 15.9. The maximum Gasteiger partial charge on any atom is 0.338 e. The van der Waals surface area contributed by atoms with E-state index in [1.54, 1.807) is 18.2 Å². The molecule has 6 nitrogen and oxygen atoms in total. The van der Waals surface area contributed by atoms with Crippen LogP contribution in [-0.2, 0) is 22.5 Å². The number of carboxylic acid groups (broad SMARTS) is 1. The third-order valence-electron chi connectivity index (χ3n) is 5.15. The summed E-state index contributed by atoms with van der Waals surface area (Å²) < 4.78 is 11.0. The van der Waals surface area contributed by atoms with Crippen molar-refractivity contribution >= 4 is 23.5 Å². The molecule has 0 saturated carbocycles. The molecule has 0 amide bonds. The lowest BCUT2D eigenvalue weighted by molar-refractivity contribution is -0.138. The van der Waals surface area contributed by atoms with Gasteiger partial charge in [-0.15, -0.1) is 0 Å². The molecule has 7 heteroatoms. The molecule has 0 bridgehead atoms. The highest BCUT2D eigenvalue weighted by Gasteiger charge is 2.14. The third kappa shape index (κ3) is 9.84. The average Bonchev–Trinajstić information content (AvgIpc) is 2.78. The van der Waals surface area contributed by atoms with Gasteiger partial charge in [0.15, 0.2) is 0 Å². The van der Waals surface area contributed by atoms with Gasteiger partial charge in [0, 0.05) is 18.1 Å². The van der Waals surface area contributed by atoms with Crippen molar-refractivity contribution in [3.05, 3.63) is 64.2 Å². The van der Waals surface area contributed by atoms with Crippen LogP contribution in [0.25, 0.3) is 0 Å². The van der Waals surface area contributed by atoms with Gasteiger partial charge in [-0.2, -0.15) is 0 Å². The zero-order valence-corrected chi connectivity index (χ0v) is 20.3. The number of hydrogen-bond acceptors (Lipinski definition) is 5. The number of unbranched alkanes of at least 4 members (excludes halogenated alkanes) is 2. The van der Waals surface area contributed by atoms with Crippen LogP contribution in [-0.4, -0.2) is 48.2 Å². The van der Waals surface area contributed by atoms with E-state index >= 15 is 0 Å². The Morgan fingerprint density at radius 1 is 1.03 bits per heavy atom. The number of carbonyl (C=O) groups is 2. The summed E-state index contributed by atoms with van der Waals surface area (Å²) in [4.78, 5) is 25.5. The third-order valence-corrected chi connectivity index (χ3v) is 5.50. The summed E-state index contributed by atoms with van der Waals surface area (Å²) in [5.74, 6) is -0.527. The summed E-state index contributed by atoms with van der Waals surface area (Å²) in [6.07, 6.45) is 4.43. The van der Waals surface area contributed by atoms with E-state index in [2.05, 4.69) is 6.92 Å². The number of halogens is 1. The molecule has 0 saturated heterocycles. The smallest absolute Gasteiger partial charge is 0.338 e. The highest BCUT2D eigenvalue weighted by atomic mass is 35.5. The zero-order chi connectivity index (χ0) is 24.1. The number of carbonyl (C=O) groups excluding carboxylic acids is 1. The van der Waals surface area contributed by atoms with Crippen LogP contribution in [0.3, 0.4) is 0 Å². The molecule has 0 unspecified atom stereocenters. The Morgan fingerprint density at radius 3 is 2.48 bits per heavy atom. The van der Waals surface area contributed by atoms with Crippen LogP contribution in [0.1, 0.15) is 61.0 Å². The summed E-state index contributed by atoms with van der Waals surface area (Å²) in [5, 5.41) is 9.97. The fourth-order valence-electron chi connectivity index (χ4n) is 3.29. The summed E-state index contributed by atoms with van der Waals surface area (Å²) in [7, 11) is 0. The highest BCUT2D eigenvalue weighted by molar-refractivity contribution is 6.31. The molecule has 0 aromatic heterocycles. The Bertz CT molecular complexity index is 902. The topological polar surface area (TPSA) is 76.1 Å². The van der Waals surface area contributed by atoms with Gasteiger partial charge in [-0.05, 0) is 54.7 Å². The number of ether oxygens (including phenoxy) is 2. The van der Waals surface area contributed by atoms with Crippen molar-refractivity contribution in [2.75, 3.05) is 26.3 Å². The lowest BCUT2D eigenvalue weighted by Gasteiger charge is -2.21. The molecular weight excluding hydrogens is 442 g/mol. The van der Waals surface area contributed by atoms with Gasteiger partial charge in [0.05, 0.1) is 25.3 Å². The van der Waals surface area contributed by atoms with Gasteiger partial charge in [0.25, 0.3) is 0 Å². The predicted octanol–water partition coefficient (Wildman–Crippen LogP) is 5.61. The van der Waals surface area contributed by atoms with E-state index in [1.165, 1.54) is 0 Å². The van der Waals surface area contributed by atoms with E-state index in [4.69, 9.17) is 21.1 Å². The minimum absolute atomic E-state index is 0.110. The van der Waals surface area contributed by atoms with Gasteiger partial charge in [0.1, 0.15) is 5.75 Å². The summed E-state index contributed by atoms with van der Waals surface area (Å²) >= 11 is 6.43. The molecule has 180 valence electrons. The molecule has 0 fully saturated rings. The van der Waals surface area contributed by atoms with Crippen molar-refractivity contribution in [1.29, 1.82) is 0 Å². The van der Waals surface area contributed by atoms with Gasteiger partial charge in [-0.25, -0.2) is 4.79 Å². The van der Waals surface area contributed by atoms with E-state index in [0.29, 0.717) is 43.3 Å². The Kier molecular flexibility index (Phi) is 11.8. The van der Waals surface area contributed by atoms with Crippen LogP contribution in [0.2, 0.25) is 5.02 Å². The minimum Gasteiger partial charge on any atom is -0.494 e. The monoisotopic (exact) mass is 475 g/mol. The van der Waals surface area contributed by atoms with Crippen molar-refractivity contribution < 1.29 is 24.2 Å². The fourth-order valence-corrected chi connectivity index (χ4v) is 3.55. The summed E-state index contributed by atoms with van der Waals surface area (Å²) in [6, 6.07) is 12.8. The standard InChI is InChI=1S/C26H34ClNO5/c1-3-5-14-32-23-11-10-21(24(27)17-23)12-13-28(19-25(29)30)18-20-8-7-9-22(16-20)26(31)33-15-6-4-2/h7-11,16-17H,3-6,12-15,18-19H2,1-2H3,(H,29,30). The number of hydrogen-bond donors (Lipinski definition) is 1. The second-order valence-corrected chi connectivity index (χ2v) is 8.41. The average molecular weight is 476 g/mol. The van der Waals surface area contributed by atoms with Crippen LogP contribution in [0.5, 0.6) is 5.75 Å². The molecule has 0 aliphatic carbocycles. The second kappa shape index (κ2) is 14.6. The van der Waals surface area contributed by atoms with Crippen molar-refractivity contribution in [3.63, 3.8) is 0 Å². The van der Waals surface area contributed by atoms with E-state index in [-0.39, 0.29) is 12.5 Å². The maximum atomic E-state index is 12.2. The second-order valence-electron chi connectivity index (χ2n) is 8.00. The molecule has 2 aromatic rings. The van der Waals surface area contributed by atoms with E-state index in [9.17, 15) is 14.7 Å². The lowest BCUT2D eigenvalue weighted by Crippen LogP contribution is -2.31. The minimum atomic E-state index is -0.907. The number of nitrogens with zero attached hydrogens (tertiary/aromatic N) is 1. The molecule has 0 atom stereocenters. The molecule has 0 heterocycles. The molecule has 0 aliphatic rings. The Hall–Kier alpha value is -2.57. The number of benzene rings is 2. The molecule has 0 aliphatic heterocycles. The van der Waals surface area contributed by atoms with Crippen molar-refractivity contribution in [2.24, 2.45) is 0 Å². The largest absolute Gasteiger partial charge is 0.494 e. The first-order valence-corrected chi connectivity index (χ1v) is 11.9. The summed E-state index contributed by atoms with van der Waals surface area (Å²) in [5.41, 5.74) is 2.26. The van der Waals surface area contributed by atoms with Crippen LogP contribution < -0.4 is 4.74 Å². The van der Waals surface area contributed by atoms with Gasteiger partial charge in [0.2, 0.25) is 0 Å². The first kappa shape index (κ1) is 26.7. The van der Waals surface area contributed by atoms with Crippen LogP contribution in [0, 0.1) is 0 Å². The van der Waals surface area contributed by atoms with Gasteiger partial charge >= 0.3 is 11.9 Å². The molecule has 0 radical (unpaired) electrons. The van der Waals surface area contributed by atoms with Crippen LogP contribution >= 0.6 is 11.6 Å². The van der Waals surface area contributed by atoms with Crippen LogP contribution in [0.15, 0.2) is 42.5 Å². The van der Waals surface area contributed by atoms with Crippen molar-refractivity contribution in [2.45, 2.75) is 52.5 Å². The first-order valence-electron chi connectivity index (χ1n) is 11.5. The predicted molar refractivity (Wildman–Crippen MR) is 130 cm³/mol. The quantitative estimate of drug-likeness (QED) is 0.266. The molecule has 2 rings (SSSR count). The highest BCUT2D eigenvalue weighted by Crippen LogP contribution is 2.24. The van der Waals surface area contributed by atoms with Gasteiger partial charge < -0.3 is 14.6 Å². The Morgan fingerprint density at radius 2 is 1.79 bits per heavy atom. The number of carboxylic acids is 1. The van der Waals surface area contributed by atoms with E-state index < -0.39 is 5.97 Å². The van der Waals surface area contributed by atoms with Crippen LogP contribution in [0.4, 0.5) is 0 Å². The molecular formula is C26H34ClNO5. The summed E-state index contributed by atoms with van der Waals surface area (Å²) in [6.45, 7) is 6.00. The normalized spacial score (nSPS) is 10.9. The molecule has 0 spiro atoms. The molecule has 1 N–H and O–H groups in total. The Labute approximate surface area is 201 Å². The maximum absolute atomic E-state index is 12.2. The number of aliphatic carboxylic acids is 1. The Balaban J connectivity index is 2.00. The lowest BCUT2D eigenvalue weighted by atomic mass is 10.1.